The Morgan fingerprint density at radius 3 is 0.989 bits per heavy atom. The summed E-state index contributed by atoms with van der Waals surface area (Å²) >= 11 is 0. The molecular weight excluding hydrogens is 1090 g/mol. The second-order valence-corrected chi connectivity index (χ2v) is 26.2. The second-order valence-electron chi connectivity index (χ2n) is 26.2. The Morgan fingerprint density at radius 1 is 0.300 bits per heavy atom. The topological polar surface area (TPSA) is 37.2 Å². The molecule has 90 heavy (non-hydrogen) atoms. The third-order valence-electron chi connectivity index (χ3n) is 18.5. The van der Waals surface area contributed by atoms with Gasteiger partial charge in [0.25, 0.3) is 6.71 Å². The van der Waals surface area contributed by atoms with Crippen LogP contribution in [0.1, 0.15) is 52.9 Å². The van der Waals surface area contributed by atoms with E-state index in [2.05, 4.69) is 347 Å². The van der Waals surface area contributed by atoms with Crippen molar-refractivity contribution in [2.75, 3.05) is 9.80 Å². The summed E-state index contributed by atoms with van der Waals surface area (Å²) in [5, 5.41) is 2.41. The maximum atomic E-state index is 5.16. The van der Waals surface area contributed by atoms with Crippen LogP contribution in [0.3, 0.4) is 0 Å². The lowest BCUT2D eigenvalue weighted by Gasteiger charge is -2.46. The Balaban J connectivity index is 1.10. The van der Waals surface area contributed by atoms with Crippen molar-refractivity contribution in [3.8, 4) is 72.4 Å². The third kappa shape index (κ3) is 9.16. The molecule has 0 saturated heterocycles. The number of pyridine rings is 2. The summed E-state index contributed by atoms with van der Waals surface area (Å²) in [6.07, 6.45) is 4.15. The van der Waals surface area contributed by atoms with Crippen molar-refractivity contribution in [1.29, 1.82) is 0 Å². The first kappa shape index (κ1) is 54.6. The van der Waals surface area contributed by atoms with Crippen molar-refractivity contribution in [2.45, 2.75) is 52.4 Å². The lowest BCUT2D eigenvalue weighted by molar-refractivity contribution is 0.569. The smallest absolute Gasteiger partial charge is 0.252 e. The summed E-state index contributed by atoms with van der Waals surface area (Å²) in [5.41, 5.74) is 28.9. The Kier molecular flexibility index (Phi) is 13.0. The van der Waals surface area contributed by atoms with Crippen molar-refractivity contribution >= 4 is 79.0 Å². The minimum Gasteiger partial charge on any atom is -0.310 e. The Hall–Kier alpha value is -10.8. The average molecular weight is 1160 g/mol. The molecule has 0 spiro atoms. The van der Waals surface area contributed by atoms with Gasteiger partial charge in [0.05, 0.1) is 28.1 Å². The highest BCUT2D eigenvalue weighted by Gasteiger charge is 2.46. The monoisotopic (exact) mass is 1160 g/mol. The van der Waals surface area contributed by atoms with Crippen molar-refractivity contribution in [2.24, 2.45) is 0 Å². The molecule has 0 unspecified atom stereocenters. The predicted molar refractivity (Wildman–Crippen MR) is 380 cm³/mol. The van der Waals surface area contributed by atoms with Crippen LogP contribution in [-0.2, 0) is 10.8 Å². The van der Waals surface area contributed by atoms with Gasteiger partial charge >= 0.3 is 0 Å². The minimum absolute atomic E-state index is 0.104. The zero-order valence-electron chi connectivity index (χ0n) is 51.5. The zero-order valence-corrected chi connectivity index (χ0v) is 51.5. The number of rotatable bonds is 9. The molecule has 0 aliphatic carbocycles. The quantitative estimate of drug-likeness (QED) is 0.135. The normalized spacial score (nSPS) is 12.7. The molecule has 0 atom stereocenters. The fourth-order valence-electron chi connectivity index (χ4n) is 14.1. The van der Waals surface area contributed by atoms with E-state index in [0.29, 0.717) is 0 Å². The number of hydrogen-bond donors (Lipinski definition) is 0. The second kappa shape index (κ2) is 21.5. The van der Waals surface area contributed by atoms with Crippen molar-refractivity contribution < 1.29 is 0 Å². The van der Waals surface area contributed by atoms with E-state index in [-0.39, 0.29) is 17.5 Å². The first-order valence-electron chi connectivity index (χ1n) is 31.4. The van der Waals surface area contributed by atoms with Crippen LogP contribution in [0.2, 0.25) is 0 Å². The number of aromatic nitrogens is 3. The standard InChI is InChI=1S/C84H66BN5/c1-83(2,3)78-47-43-61(53-86-78)59-41-45-74-70(49-59)85-71-50-60(62-44-48-79(87-54-62)84(4,5)6)42-46-75(71)90(82-66(57-29-15-9-16-30-57)37-24-38-67(82)58-31-17-10-18-32-58)77-52-63(88-72-39-21-19-33-68(72)69-34-20-22-40-73(69)88)51-76(80(77)85)89(74)81-64(55-25-11-7-12-26-55)35-23-36-65(81)56-27-13-8-14-28-56/h7-54H,1-6H3. The number of benzene rings is 11. The van der Waals surface area contributed by atoms with Crippen molar-refractivity contribution in [3.05, 3.63) is 303 Å². The van der Waals surface area contributed by atoms with Gasteiger partial charge in [0.15, 0.2) is 0 Å². The summed E-state index contributed by atoms with van der Waals surface area (Å²) < 4.78 is 2.51. The Morgan fingerprint density at radius 2 is 0.644 bits per heavy atom. The van der Waals surface area contributed by atoms with Crippen molar-refractivity contribution in [3.63, 3.8) is 0 Å². The molecule has 0 fully saturated rings. The average Bonchev–Trinajstić information content (AvgIpc) is 0.717. The molecule has 0 saturated carbocycles. The lowest BCUT2D eigenvalue weighted by Crippen LogP contribution is -2.61. The van der Waals surface area contributed by atoms with Crippen LogP contribution in [0.25, 0.3) is 94.3 Å². The van der Waals surface area contributed by atoms with Crippen LogP contribution in [-0.4, -0.2) is 21.2 Å². The van der Waals surface area contributed by atoms with Gasteiger partial charge in [-0.05, 0) is 109 Å². The molecule has 14 aromatic rings. The van der Waals surface area contributed by atoms with Crippen LogP contribution >= 0.6 is 0 Å². The van der Waals surface area contributed by atoms with Gasteiger partial charge in [-0.1, -0.05) is 272 Å². The molecule has 430 valence electrons. The third-order valence-corrected chi connectivity index (χ3v) is 18.5. The van der Waals surface area contributed by atoms with E-state index in [4.69, 9.17) is 9.97 Å². The molecule has 5 heterocycles. The Bertz CT molecular complexity index is 4630. The van der Waals surface area contributed by atoms with E-state index < -0.39 is 0 Å². The maximum absolute atomic E-state index is 5.16. The van der Waals surface area contributed by atoms with E-state index >= 15 is 0 Å². The maximum Gasteiger partial charge on any atom is 0.252 e. The molecule has 2 aliphatic heterocycles. The molecule has 6 heteroatoms. The predicted octanol–water partition coefficient (Wildman–Crippen LogP) is 20.3. The molecule has 2 aliphatic rings. The molecule has 5 nitrogen and oxygen atoms in total. The zero-order chi connectivity index (χ0) is 60.8. The van der Waals surface area contributed by atoms with Gasteiger partial charge in [0.1, 0.15) is 0 Å². The number of para-hydroxylation sites is 4. The summed E-state index contributed by atoms with van der Waals surface area (Å²) in [5.74, 6) is 0. The van der Waals surface area contributed by atoms with Crippen LogP contribution in [0.15, 0.2) is 291 Å². The fraction of sp³-hybridized carbons (Fsp3) is 0.0952. The van der Waals surface area contributed by atoms with E-state index in [1.54, 1.807) is 0 Å². The van der Waals surface area contributed by atoms with Crippen molar-refractivity contribution in [1.82, 2.24) is 14.5 Å². The molecule has 0 N–H and O–H groups in total. The molecule has 0 radical (unpaired) electrons. The van der Waals surface area contributed by atoms with E-state index in [0.717, 1.165) is 129 Å². The van der Waals surface area contributed by atoms with Gasteiger partial charge in [-0.3, -0.25) is 9.97 Å². The number of nitrogens with zero attached hydrogens (tertiary/aromatic N) is 5. The highest BCUT2D eigenvalue weighted by molar-refractivity contribution is 7.00. The molecule has 0 amide bonds. The minimum atomic E-state index is -0.267. The molecule has 0 bridgehead atoms. The van der Waals surface area contributed by atoms with Crippen LogP contribution in [0.5, 0.6) is 0 Å². The Labute approximate surface area is 528 Å². The van der Waals surface area contributed by atoms with Gasteiger partial charge in [-0.25, -0.2) is 0 Å². The van der Waals surface area contributed by atoms with E-state index in [1.165, 1.54) is 27.2 Å². The SMILES string of the molecule is CC(C)(C)c1ccc(-c2ccc3c(c2)B2c4cc(-c5ccc(C(C)(C)C)nc5)ccc4N(c4c(-c5ccccc5)cccc4-c4ccccc4)c4cc(-n5c6ccccc6c6ccccc65)cc(c42)N3c2c(-c3ccccc3)cccc2-c2ccccc2)cn1. The summed E-state index contributed by atoms with van der Waals surface area (Å²) in [4.78, 5) is 15.6. The molecule has 11 aromatic carbocycles. The lowest BCUT2D eigenvalue weighted by atomic mass is 9.33. The highest BCUT2D eigenvalue weighted by atomic mass is 15.2. The van der Waals surface area contributed by atoms with Crippen LogP contribution in [0, 0.1) is 0 Å². The fourth-order valence-corrected chi connectivity index (χ4v) is 14.1. The highest BCUT2D eigenvalue weighted by Crippen LogP contribution is 2.54. The number of hydrogen-bond acceptors (Lipinski definition) is 4. The molecule has 16 rings (SSSR count). The summed E-state index contributed by atoms with van der Waals surface area (Å²) in [6.45, 7) is 13.1. The van der Waals surface area contributed by atoms with Gasteiger partial charge in [0.2, 0.25) is 0 Å². The largest absolute Gasteiger partial charge is 0.310 e. The van der Waals surface area contributed by atoms with E-state index in [9.17, 15) is 0 Å². The van der Waals surface area contributed by atoms with Gasteiger partial charge in [0, 0.05) is 90.4 Å². The summed E-state index contributed by atoms with van der Waals surface area (Å²) in [7, 11) is 0. The first-order valence-corrected chi connectivity index (χ1v) is 31.4. The summed E-state index contributed by atoms with van der Waals surface area (Å²) in [6, 6.07) is 104. The van der Waals surface area contributed by atoms with Gasteiger partial charge in [-0.15, -0.1) is 0 Å². The van der Waals surface area contributed by atoms with Crippen LogP contribution in [0.4, 0.5) is 34.1 Å². The molecular formula is C84H66BN5. The van der Waals surface area contributed by atoms with Crippen LogP contribution < -0.4 is 26.2 Å². The van der Waals surface area contributed by atoms with E-state index in [1.807, 2.05) is 0 Å². The molecule has 3 aromatic heterocycles. The first-order chi connectivity index (χ1) is 43.9. The van der Waals surface area contributed by atoms with Gasteiger partial charge < -0.3 is 14.4 Å². The van der Waals surface area contributed by atoms with Gasteiger partial charge in [-0.2, -0.15) is 0 Å². The number of anilines is 6. The number of fused-ring (bicyclic) bond motifs is 7.